The first-order valence-electron chi connectivity index (χ1n) is 10.3. The van der Waals surface area contributed by atoms with E-state index in [-0.39, 0.29) is 18.1 Å². The van der Waals surface area contributed by atoms with E-state index in [4.69, 9.17) is 9.83 Å². The van der Waals surface area contributed by atoms with E-state index in [1.54, 1.807) is 11.1 Å². The minimum atomic E-state index is 0.00519. The number of hydrogen-bond acceptors (Lipinski definition) is 4. The third-order valence-corrected chi connectivity index (χ3v) is 6.83. The van der Waals surface area contributed by atoms with Gasteiger partial charge in [0.1, 0.15) is 5.84 Å². The predicted octanol–water partition coefficient (Wildman–Crippen LogP) is 2.82. The van der Waals surface area contributed by atoms with Gasteiger partial charge in [0.2, 0.25) is 0 Å². The Morgan fingerprint density at radius 1 is 1.27 bits per heavy atom. The van der Waals surface area contributed by atoms with Crippen molar-refractivity contribution in [1.82, 2.24) is 15.3 Å². The van der Waals surface area contributed by atoms with Gasteiger partial charge in [-0.1, -0.05) is 38.7 Å². The Balaban J connectivity index is 1.70. The van der Waals surface area contributed by atoms with Crippen LogP contribution in [0.25, 0.3) is 0 Å². The molecule has 0 radical (unpaired) electrons. The highest BCUT2D eigenvalue weighted by Crippen LogP contribution is 2.45. The number of amides is 2. The first kappa shape index (κ1) is 17.8. The number of nitrogens with one attached hydrogen (secondary N) is 1. The average Bonchev–Trinajstić information content (AvgIpc) is 3.22. The minimum absolute atomic E-state index is 0.00519. The fourth-order valence-corrected chi connectivity index (χ4v) is 5.59. The van der Waals surface area contributed by atoms with Crippen molar-refractivity contribution in [3.05, 3.63) is 12.7 Å². The Labute approximate surface area is 156 Å². The van der Waals surface area contributed by atoms with Gasteiger partial charge < -0.3 is 10.2 Å². The first-order valence-corrected chi connectivity index (χ1v) is 10.3. The van der Waals surface area contributed by atoms with Gasteiger partial charge in [0.25, 0.3) is 0 Å². The van der Waals surface area contributed by atoms with Crippen molar-refractivity contribution in [3.63, 3.8) is 0 Å². The molecule has 4 rings (SSSR count). The second kappa shape index (κ2) is 7.59. The zero-order valence-electron chi connectivity index (χ0n) is 15.9. The molecule has 3 fully saturated rings. The lowest BCUT2D eigenvalue weighted by Crippen LogP contribution is -2.54. The summed E-state index contributed by atoms with van der Waals surface area (Å²) in [6.07, 6.45) is 9.38. The molecular weight excluding hydrogens is 328 g/mol. The summed E-state index contributed by atoms with van der Waals surface area (Å²) in [5.41, 5.74) is 0. The Hall–Kier alpha value is -1.56. The predicted molar refractivity (Wildman–Crippen MR) is 102 cm³/mol. The summed E-state index contributed by atoms with van der Waals surface area (Å²) in [5.74, 6) is 2.59. The molecule has 1 saturated carbocycles. The standard InChI is InChI=1S/C20H32N4O2/c1-3-12-26-24-17-13-23(20(24)25)18(19-21-10-11-22-19)16-9-7-5-4-6-8-15(16)14(17)2/h3,14-18H,1,4-13H2,2H3,(H,21,22)/t14-,15?,16?,17?,18-/m0/s1. The zero-order chi connectivity index (χ0) is 18.1. The van der Waals surface area contributed by atoms with Crippen LogP contribution in [0.4, 0.5) is 4.79 Å². The van der Waals surface area contributed by atoms with Crippen molar-refractivity contribution >= 4 is 11.9 Å². The minimum Gasteiger partial charge on any atom is -0.370 e. The van der Waals surface area contributed by atoms with Crippen LogP contribution in [-0.2, 0) is 4.84 Å². The number of hydroxylamine groups is 2. The quantitative estimate of drug-likeness (QED) is 0.785. The molecule has 0 aromatic heterocycles. The Morgan fingerprint density at radius 3 is 2.73 bits per heavy atom. The van der Waals surface area contributed by atoms with Crippen molar-refractivity contribution in [2.24, 2.45) is 22.7 Å². The lowest BCUT2D eigenvalue weighted by atomic mass is 9.70. The highest BCUT2D eigenvalue weighted by Gasteiger charge is 2.54. The van der Waals surface area contributed by atoms with Gasteiger partial charge in [-0.2, -0.15) is 5.06 Å². The maximum Gasteiger partial charge on any atom is 0.344 e. The van der Waals surface area contributed by atoms with Crippen LogP contribution in [0.5, 0.6) is 0 Å². The van der Waals surface area contributed by atoms with Crippen LogP contribution in [0.15, 0.2) is 17.6 Å². The molecule has 0 aromatic rings. The normalized spacial score (nSPS) is 37.3. The Morgan fingerprint density at radius 2 is 2.04 bits per heavy atom. The summed E-state index contributed by atoms with van der Waals surface area (Å²) in [7, 11) is 0. The monoisotopic (exact) mass is 360 g/mol. The van der Waals surface area contributed by atoms with E-state index in [0.717, 1.165) is 25.5 Å². The van der Waals surface area contributed by atoms with E-state index in [9.17, 15) is 4.79 Å². The number of carbonyl (C=O) groups excluding carboxylic acids is 1. The molecule has 4 aliphatic rings. The van der Waals surface area contributed by atoms with Gasteiger partial charge in [0, 0.05) is 13.1 Å². The highest BCUT2D eigenvalue weighted by molar-refractivity contribution is 5.93. The molecule has 5 atom stereocenters. The van der Waals surface area contributed by atoms with E-state index < -0.39 is 0 Å². The second-order valence-corrected chi connectivity index (χ2v) is 8.23. The molecule has 6 nitrogen and oxygen atoms in total. The third kappa shape index (κ3) is 3.02. The highest BCUT2D eigenvalue weighted by atomic mass is 16.7. The molecule has 2 amide bonds. The fraction of sp³-hybridized carbons (Fsp3) is 0.800. The van der Waals surface area contributed by atoms with E-state index in [0.29, 0.717) is 24.4 Å². The summed E-state index contributed by atoms with van der Waals surface area (Å²) >= 11 is 0. The van der Waals surface area contributed by atoms with Crippen LogP contribution in [0.1, 0.15) is 45.4 Å². The van der Waals surface area contributed by atoms with Crippen molar-refractivity contribution < 1.29 is 9.63 Å². The maximum absolute atomic E-state index is 13.2. The Bertz CT molecular complexity index is 578. The van der Waals surface area contributed by atoms with Gasteiger partial charge >= 0.3 is 6.03 Å². The molecule has 1 N–H and O–H groups in total. The largest absolute Gasteiger partial charge is 0.370 e. The summed E-state index contributed by atoms with van der Waals surface area (Å²) in [6.45, 7) is 8.89. The molecule has 1 aliphatic carbocycles. The van der Waals surface area contributed by atoms with Gasteiger partial charge in [-0.3, -0.25) is 9.83 Å². The number of urea groups is 1. The molecule has 2 saturated heterocycles. The molecule has 3 aliphatic heterocycles. The van der Waals surface area contributed by atoms with Crippen LogP contribution in [-0.4, -0.2) is 60.2 Å². The van der Waals surface area contributed by atoms with Crippen LogP contribution < -0.4 is 5.32 Å². The molecule has 144 valence electrons. The van der Waals surface area contributed by atoms with E-state index in [1.807, 2.05) is 4.90 Å². The summed E-state index contributed by atoms with van der Waals surface area (Å²) in [6, 6.07) is 0.213. The topological polar surface area (TPSA) is 57.2 Å². The number of aliphatic imine (C=N–C) groups is 1. The SMILES string of the molecule is C=CCON1C(=O)N2CC1[C@@H](C)C1CCCCCCC1[C@H]2C1=NCCN1. The van der Waals surface area contributed by atoms with Crippen LogP contribution in [0.2, 0.25) is 0 Å². The maximum atomic E-state index is 13.2. The number of carbonyl (C=O) groups is 1. The van der Waals surface area contributed by atoms with Gasteiger partial charge in [0.05, 0.1) is 25.2 Å². The molecule has 2 bridgehead atoms. The Kier molecular flexibility index (Phi) is 5.20. The van der Waals surface area contributed by atoms with E-state index >= 15 is 0 Å². The number of fused-ring (bicyclic) bond motifs is 3. The zero-order valence-corrected chi connectivity index (χ0v) is 15.9. The lowest BCUT2D eigenvalue weighted by Gasteiger charge is -2.42. The molecule has 0 aromatic carbocycles. The van der Waals surface area contributed by atoms with Crippen molar-refractivity contribution in [2.75, 3.05) is 26.2 Å². The van der Waals surface area contributed by atoms with Gasteiger partial charge in [0.15, 0.2) is 0 Å². The van der Waals surface area contributed by atoms with Gasteiger partial charge in [-0.05, 0) is 30.6 Å². The molecule has 6 heteroatoms. The van der Waals surface area contributed by atoms with Gasteiger partial charge in [-0.15, -0.1) is 6.58 Å². The van der Waals surface area contributed by atoms with Crippen molar-refractivity contribution in [3.8, 4) is 0 Å². The summed E-state index contributed by atoms with van der Waals surface area (Å²) in [4.78, 5) is 25.8. The smallest absolute Gasteiger partial charge is 0.344 e. The van der Waals surface area contributed by atoms with E-state index in [1.165, 1.54) is 38.5 Å². The van der Waals surface area contributed by atoms with E-state index in [2.05, 4.69) is 18.8 Å². The van der Waals surface area contributed by atoms with Crippen molar-refractivity contribution in [2.45, 2.75) is 57.5 Å². The second-order valence-electron chi connectivity index (χ2n) is 8.23. The average molecular weight is 361 g/mol. The van der Waals surface area contributed by atoms with Crippen LogP contribution in [0.3, 0.4) is 0 Å². The van der Waals surface area contributed by atoms with Crippen LogP contribution in [0, 0.1) is 17.8 Å². The molecule has 3 heterocycles. The number of amidine groups is 1. The number of nitrogens with zero attached hydrogens (tertiary/aromatic N) is 3. The molecule has 0 spiro atoms. The van der Waals surface area contributed by atoms with Gasteiger partial charge in [-0.25, -0.2) is 4.79 Å². The summed E-state index contributed by atoms with van der Waals surface area (Å²) in [5, 5.41) is 5.12. The number of hydrogen-bond donors (Lipinski definition) is 1. The lowest BCUT2D eigenvalue weighted by molar-refractivity contribution is -0.137. The molecular formula is C20H32N4O2. The summed E-state index contributed by atoms with van der Waals surface area (Å²) < 4.78 is 0. The number of rotatable bonds is 4. The molecule has 3 unspecified atom stereocenters. The fourth-order valence-electron chi connectivity index (χ4n) is 5.59. The van der Waals surface area contributed by atoms with Crippen LogP contribution >= 0.6 is 0 Å². The molecule has 26 heavy (non-hydrogen) atoms. The van der Waals surface area contributed by atoms with Crippen molar-refractivity contribution in [1.29, 1.82) is 0 Å². The third-order valence-electron chi connectivity index (χ3n) is 6.83. The first-order chi connectivity index (χ1) is 12.7.